The highest BCUT2D eigenvalue weighted by Gasteiger charge is 2.08. The molecule has 7 heteroatoms. The number of aromatic nitrogens is 4. The van der Waals surface area contributed by atoms with Crippen LogP contribution in [0.4, 0.5) is 5.82 Å². The fourth-order valence-electron chi connectivity index (χ4n) is 2.33. The van der Waals surface area contributed by atoms with Gasteiger partial charge < -0.3 is 0 Å². The predicted octanol–water partition coefficient (Wildman–Crippen LogP) is 3.69. The highest BCUT2D eigenvalue weighted by Crippen LogP contribution is 2.15. The molecule has 1 aromatic carbocycles. The number of nitrogens with one attached hydrogen (secondary N) is 1. The van der Waals surface area contributed by atoms with Gasteiger partial charge in [0.1, 0.15) is 5.82 Å². The van der Waals surface area contributed by atoms with Crippen molar-refractivity contribution >= 4 is 23.6 Å². The Morgan fingerprint density at radius 3 is 2.62 bits per heavy atom. The zero-order chi connectivity index (χ0) is 17.1. The van der Waals surface area contributed by atoms with Crippen LogP contribution in [0, 0.1) is 20.8 Å². The van der Waals surface area contributed by atoms with E-state index >= 15 is 0 Å². The molecular weight excluding hydrogens is 324 g/mol. The molecule has 0 atom stereocenters. The molecule has 2 heterocycles. The molecule has 0 radical (unpaired) electrons. The SMILES string of the molecule is Cc1cc(C)n(-c2cc(N/N=C/c3ccccc3Cl)nc(C)n2)n1. The van der Waals surface area contributed by atoms with Crippen LogP contribution in [0.1, 0.15) is 22.8 Å². The second-order valence-corrected chi connectivity index (χ2v) is 5.80. The van der Waals surface area contributed by atoms with Crippen molar-refractivity contribution < 1.29 is 0 Å². The smallest absolute Gasteiger partial charge is 0.159 e. The second-order valence-electron chi connectivity index (χ2n) is 5.39. The van der Waals surface area contributed by atoms with Crippen LogP contribution in [0.15, 0.2) is 41.5 Å². The quantitative estimate of drug-likeness (QED) is 0.581. The fourth-order valence-corrected chi connectivity index (χ4v) is 2.51. The van der Waals surface area contributed by atoms with E-state index in [4.69, 9.17) is 11.6 Å². The molecule has 3 aromatic rings. The largest absolute Gasteiger partial charge is 0.261 e. The monoisotopic (exact) mass is 340 g/mol. The van der Waals surface area contributed by atoms with Gasteiger partial charge in [0.2, 0.25) is 0 Å². The standard InChI is InChI=1S/C17H17ClN6/c1-11-8-12(2)24(23-11)17-9-16(20-13(3)21-17)22-19-10-14-6-4-5-7-15(14)18/h4-10H,1-3H3,(H,20,21,22)/b19-10+. The van der Waals surface area contributed by atoms with Gasteiger partial charge in [0, 0.05) is 22.3 Å². The lowest BCUT2D eigenvalue weighted by atomic mass is 10.2. The molecular formula is C17H17ClN6. The summed E-state index contributed by atoms with van der Waals surface area (Å²) in [6, 6.07) is 11.3. The number of halogens is 1. The molecule has 122 valence electrons. The van der Waals surface area contributed by atoms with Gasteiger partial charge in [-0.3, -0.25) is 5.43 Å². The number of aryl methyl sites for hydroxylation is 3. The van der Waals surface area contributed by atoms with E-state index in [0.717, 1.165) is 17.0 Å². The molecule has 0 aliphatic heterocycles. The van der Waals surface area contributed by atoms with E-state index in [1.807, 2.05) is 51.1 Å². The third-order valence-corrected chi connectivity index (χ3v) is 3.68. The van der Waals surface area contributed by atoms with Crippen molar-refractivity contribution in [1.82, 2.24) is 19.7 Å². The lowest BCUT2D eigenvalue weighted by molar-refractivity contribution is 0.793. The minimum absolute atomic E-state index is 0.591. The molecule has 0 saturated carbocycles. The lowest BCUT2D eigenvalue weighted by Crippen LogP contribution is -2.06. The number of anilines is 1. The van der Waals surface area contributed by atoms with Gasteiger partial charge in [0.15, 0.2) is 11.6 Å². The molecule has 0 aliphatic rings. The van der Waals surface area contributed by atoms with Crippen LogP contribution in [-0.4, -0.2) is 26.0 Å². The van der Waals surface area contributed by atoms with E-state index in [0.29, 0.717) is 22.5 Å². The number of benzene rings is 1. The summed E-state index contributed by atoms with van der Waals surface area (Å²) in [7, 11) is 0. The first-order valence-electron chi connectivity index (χ1n) is 7.46. The molecule has 24 heavy (non-hydrogen) atoms. The molecule has 0 aliphatic carbocycles. The summed E-state index contributed by atoms with van der Waals surface area (Å²) in [4.78, 5) is 8.77. The molecule has 1 N–H and O–H groups in total. The minimum atomic E-state index is 0.591. The van der Waals surface area contributed by atoms with Crippen LogP contribution in [0.25, 0.3) is 5.82 Å². The summed E-state index contributed by atoms with van der Waals surface area (Å²) in [6.45, 7) is 5.77. The van der Waals surface area contributed by atoms with Crippen LogP contribution < -0.4 is 5.43 Å². The maximum Gasteiger partial charge on any atom is 0.159 e. The zero-order valence-corrected chi connectivity index (χ0v) is 14.4. The van der Waals surface area contributed by atoms with Crippen molar-refractivity contribution in [3.8, 4) is 5.82 Å². The van der Waals surface area contributed by atoms with E-state index in [1.165, 1.54) is 0 Å². The average molecular weight is 341 g/mol. The first kappa shape index (κ1) is 16.1. The molecule has 0 unspecified atom stereocenters. The first-order valence-corrected chi connectivity index (χ1v) is 7.83. The van der Waals surface area contributed by atoms with Crippen LogP contribution >= 0.6 is 11.6 Å². The normalized spacial score (nSPS) is 11.2. The van der Waals surface area contributed by atoms with Gasteiger partial charge >= 0.3 is 0 Å². The van der Waals surface area contributed by atoms with Gasteiger partial charge in [-0.1, -0.05) is 29.8 Å². The number of hydrogen-bond acceptors (Lipinski definition) is 5. The predicted molar refractivity (Wildman–Crippen MR) is 96.0 cm³/mol. The summed E-state index contributed by atoms with van der Waals surface area (Å²) < 4.78 is 1.78. The Hall–Kier alpha value is -2.73. The Balaban J connectivity index is 1.84. The fraction of sp³-hybridized carbons (Fsp3) is 0.176. The summed E-state index contributed by atoms with van der Waals surface area (Å²) in [5.41, 5.74) is 5.70. The Kier molecular flexibility index (Phi) is 4.57. The van der Waals surface area contributed by atoms with Crippen molar-refractivity contribution in [2.75, 3.05) is 5.43 Å². The molecule has 3 rings (SSSR count). The molecule has 0 saturated heterocycles. The Morgan fingerprint density at radius 1 is 1.12 bits per heavy atom. The third-order valence-electron chi connectivity index (χ3n) is 3.34. The summed E-state index contributed by atoms with van der Waals surface area (Å²) in [6.07, 6.45) is 1.66. The Morgan fingerprint density at radius 2 is 1.92 bits per heavy atom. The van der Waals surface area contributed by atoms with Crippen LogP contribution in [-0.2, 0) is 0 Å². The van der Waals surface area contributed by atoms with Gasteiger partial charge in [-0.25, -0.2) is 14.6 Å². The average Bonchev–Trinajstić information content (AvgIpc) is 2.87. The van der Waals surface area contributed by atoms with E-state index in [1.54, 1.807) is 17.0 Å². The van der Waals surface area contributed by atoms with E-state index < -0.39 is 0 Å². The van der Waals surface area contributed by atoms with Crippen LogP contribution in [0.5, 0.6) is 0 Å². The van der Waals surface area contributed by atoms with Gasteiger partial charge in [-0.15, -0.1) is 0 Å². The minimum Gasteiger partial charge on any atom is -0.261 e. The molecule has 0 amide bonds. The molecule has 6 nitrogen and oxygen atoms in total. The maximum atomic E-state index is 6.10. The molecule has 0 fully saturated rings. The van der Waals surface area contributed by atoms with Crippen molar-refractivity contribution in [2.24, 2.45) is 5.10 Å². The van der Waals surface area contributed by atoms with Gasteiger partial charge in [-0.05, 0) is 32.9 Å². The topological polar surface area (TPSA) is 68.0 Å². The van der Waals surface area contributed by atoms with Gasteiger partial charge in [0.25, 0.3) is 0 Å². The first-order chi connectivity index (χ1) is 11.5. The molecule has 2 aromatic heterocycles. The summed E-state index contributed by atoms with van der Waals surface area (Å²) in [5, 5.41) is 9.29. The van der Waals surface area contributed by atoms with Crippen molar-refractivity contribution in [3.05, 3.63) is 64.2 Å². The van der Waals surface area contributed by atoms with Crippen LogP contribution in [0.2, 0.25) is 5.02 Å². The van der Waals surface area contributed by atoms with E-state index in [9.17, 15) is 0 Å². The second kappa shape index (κ2) is 6.80. The number of nitrogens with zero attached hydrogens (tertiary/aromatic N) is 5. The highest BCUT2D eigenvalue weighted by atomic mass is 35.5. The Labute approximate surface area is 145 Å². The lowest BCUT2D eigenvalue weighted by Gasteiger charge is -2.07. The van der Waals surface area contributed by atoms with Crippen molar-refractivity contribution in [3.63, 3.8) is 0 Å². The number of hydrazone groups is 1. The molecule has 0 spiro atoms. The third kappa shape index (κ3) is 3.60. The molecule has 0 bridgehead atoms. The highest BCUT2D eigenvalue weighted by molar-refractivity contribution is 6.33. The summed E-state index contributed by atoms with van der Waals surface area (Å²) in [5.74, 6) is 1.92. The van der Waals surface area contributed by atoms with Crippen molar-refractivity contribution in [1.29, 1.82) is 0 Å². The van der Waals surface area contributed by atoms with Crippen molar-refractivity contribution in [2.45, 2.75) is 20.8 Å². The number of hydrogen-bond donors (Lipinski definition) is 1. The Bertz CT molecular complexity index is 900. The van der Waals surface area contributed by atoms with E-state index in [-0.39, 0.29) is 0 Å². The van der Waals surface area contributed by atoms with Gasteiger partial charge in [-0.2, -0.15) is 10.2 Å². The van der Waals surface area contributed by atoms with Crippen LogP contribution in [0.3, 0.4) is 0 Å². The number of rotatable bonds is 4. The zero-order valence-electron chi connectivity index (χ0n) is 13.7. The van der Waals surface area contributed by atoms with Gasteiger partial charge in [0.05, 0.1) is 11.9 Å². The maximum absolute atomic E-state index is 6.10. The van der Waals surface area contributed by atoms with E-state index in [2.05, 4.69) is 25.6 Å². The summed E-state index contributed by atoms with van der Waals surface area (Å²) >= 11 is 6.10.